The molecule has 0 aromatic heterocycles. The number of hydrogen-bond donors (Lipinski definition) is 1. The first kappa shape index (κ1) is 14.7. The maximum atomic E-state index is 6.20. The van der Waals surface area contributed by atoms with Gasteiger partial charge < -0.3 is 0 Å². The standard InChI is InChI=1S/C14H12ClIN2S/c1-19-13-8-7-10(9-12(13)16)14(15)18-17-11-5-3-2-4-6-11/h2-9,17H,1H3. The molecule has 98 valence electrons. The van der Waals surface area contributed by atoms with Gasteiger partial charge in [-0.3, -0.25) is 5.43 Å². The van der Waals surface area contributed by atoms with Crippen molar-refractivity contribution in [3.63, 3.8) is 0 Å². The maximum Gasteiger partial charge on any atom is 0.156 e. The van der Waals surface area contributed by atoms with E-state index in [9.17, 15) is 0 Å². The molecule has 2 aromatic carbocycles. The van der Waals surface area contributed by atoms with Crippen molar-refractivity contribution in [1.29, 1.82) is 0 Å². The SMILES string of the molecule is CSc1ccc(C(Cl)=NNc2ccccc2)cc1I. The maximum absolute atomic E-state index is 6.20. The van der Waals surface area contributed by atoms with E-state index in [0.717, 1.165) is 11.3 Å². The fourth-order valence-corrected chi connectivity index (χ4v) is 3.28. The highest BCUT2D eigenvalue weighted by molar-refractivity contribution is 14.1. The molecule has 0 aliphatic carbocycles. The summed E-state index contributed by atoms with van der Waals surface area (Å²) in [4.78, 5) is 1.24. The first-order valence-electron chi connectivity index (χ1n) is 5.59. The molecule has 0 bridgehead atoms. The molecule has 19 heavy (non-hydrogen) atoms. The molecule has 0 aliphatic rings. The third kappa shape index (κ3) is 4.12. The average molecular weight is 403 g/mol. The number of thioether (sulfide) groups is 1. The van der Waals surface area contributed by atoms with Crippen LogP contribution in [-0.2, 0) is 0 Å². The van der Waals surface area contributed by atoms with Gasteiger partial charge in [0, 0.05) is 14.0 Å². The summed E-state index contributed by atoms with van der Waals surface area (Å²) >= 11 is 10.2. The van der Waals surface area contributed by atoms with Crippen LogP contribution in [0.1, 0.15) is 5.56 Å². The Morgan fingerprint density at radius 2 is 1.95 bits per heavy atom. The van der Waals surface area contributed by atoms with Gasteiger partial charge in [0.05, 0.1) is 5.69 Å². The number of hydrogen-bond acceptors (Lipinski definition) is 3. The van der Waals surface area contributed by atoms with Crippen LogP contribution in [0.25, 0.3) is 0 Å². The minimum absolute atomic E-state index is 0.453. The zero-order valence-electron chi connectivity index (χ0n) is 10.2. The summed E-state index contributed by atoms with van der Waals surface area (Å²) in [5.74, 6) is 0. The number of nitrogens with zero attached hydrogens (tertiary/aromatic N) is 1. The minimum atomic E-state index is 0.453. The Hall–Kier alpha value is -0.720. The van der Waals surface area contributed by atoms with Crippen molar-refractivity contribution in [2.24, 2.45) is 5.10 Å². The van der Waals surface area contributed by atoms with Crippen LogP contribution >= 0.6 is 46.0 Å². The lowest BCUT2D eigenvalue weighted by Crippen LogP contribution is -1.98. The Kier molecular flexibility index (Phi) is 5.54. The van der Waals surface area contributed by atoms with Crippen LogP contribution in [0.3, 0.4) is 0 Å². The second kappa shape index (κ2) is 7.17. The van der Waals surface area contributed by atoms with Gasteiger partial charge in [-0.15, -0.1) is 11.8 Å². The van der Waals surface area contributed by atoms with Gasteiger partial charge in [-0.2, -0.15) is 5.10 Å². The largest absolute Gasteiger partial charge is 0.277 e. The third-order valence-corrected chi connectivity index (χ3v) is 4.80. The van der Waals surface area contributed by atoms with Gasteiger partial charge in [0.1, 0.15) is 0 Å². The number of nitrogens with one attached hydrogen (secondary N) is 1. The number of hydrazone groups is 1. The first-order chi connectivity index (χ1) is 9.20. The van der Waals surface area contributed by atoms with E-state index in [1.165, 1.54) is 8.47 Å². The number of rotatable bonds is 4. The molecule has 0 aliphatic heterocycles. The van der Waals surface area contributed by atoms with Crippen LogP contribution in [0, 0.1) is 3.57 Å². The second-order valence-corrected chi connectivity index (χ2v) is 6.10. The van der Waals surface area contributed by atoms with E-state index in [-0.39, 0.29) is 0 Å². The minimum Gasteiger partial charge on any atom is -0.277 e. The van der Waals surface area contributed by atoms with Crippen LogP contribution in [-0.4, -0.2) is 11.4 Å². The Morgan fingerprint density at radius 1 is 1.21 bits per heavy atom. The van der Waals surface area contributed by atoms with Gasteiger partial charge in [-0.1, -0.05) is 35.9 Å². The van der Waals surface area contributed by atoms with Crippen molar-refractivity contribution in [1.82, 2.24) is 0 Å². The summed E-state index contributed by atoms with van der Waals surface area (Å²) in [7, 11) is 0. The van der Waals surface area contributed by atoms with Crippen molar-refractivity contribution < 1.29 is 0 Å². The summed E-state index contributed by atoms with van der Waals surface area (Å²) in [6.45, 7) is 0. The first-order valence-corrected chi connectivity index (χ1v) is 8.27. The molecule has 2 aromatic rings. The molecule has 0 fully saturated rings. The van der Waals surface area contributed by atoms with E-state index >= 15 is 0 Å². The van der Waals surface area contributed by atoms with E-state index in [1.54, 1.807) is 11.8 Å². The van der Waals surface area contributed by atoms with Crippen LogP contribution < -0.4 is 5.43 Å². The van der Waals surface area contributed by atoms with E-state index in [1.807, 2.05) is 42.5 Å². The molecule has 0 spiro atoms. The van der Waals surface area contributed by atoms with E-state index in [2.05, 4.69) is 45.4 Å². The summed E-state index contributed by atoms with van der Waals surface area (Å²) in [5.41, 5.74) is 4.76. The molecule has 0 radical (unpaired) electrons. The summed E-state index contributed by atoms with van der Waals surface area (Å²) in [6, 6.07) is 15.8. The fraction of sp³-hybridized carbons (Fsp3) is 0.0714. The lowest BCUT2D eigenvalue weighted by Gasteiger charge is -2.05. The zero-order valence-corrected chi connectivity index (χ0v) is 14.0. The highest BCUT2D eigenvalue weighted by Crippen LogP contribution is 2.24. The third-order valence-electron chi connectivity index (χ3n) is 2.45. The van der Waals surface area contributed by atoms with Crippen molar-refractivity contribution in [2.45, 2.75) is 4.90 Å². The van der Waals surface area contributed by atoms with Crippen LogP contribution in [0.15, 0.2) is 58.5 Å². The molecule has 2 rings (SSSR count). The highest BCUT2D eigenvalue weighted by atomic mass is 127. The Bertz CT molecular complexity index is 587. The van der Waals surface area contributed by atoms with Crippen molar-refractivity contribution in [3.05, 3.63) is 57.7 Å². The summed E-state index contributed by atoms with van der Waals surface area (Å²) in [6.07, 6.45) is 2.06. The fourth-order valence-electron chi connectivity index (χ4n) is 1.49. The Balaban J connectivity index is 2.15. The topological polar surface area (TPSA) is 24.4 Å². The van der Waals surface area contributed by atoms with Crippen LogP contribution in [0.2, 0.25) is 0 Å². The second-order valence-electron chi connectivity index (χ2n) is 3.73. The molecule has 0 unspecified atom stereocenters. The number of para-hydroxylation sites is 1. The van der Waals surface area contributed by atoms with Crippen LogP contribution in [0.4, 0.5) is 5.69 Å². The molecular weight excluding hydrogens is 391 g/mol. The number of halogens is 2. The van der Waals surface area contributed by atoms with Crippen molar-refractivity contribution in [3.8, 4) is 0 Å². The average Bonchev–Trinajstić information content (AvgIpc) is 2.45. The summed E-state index contributed by atoms with van der Waals surface area (Å²) < 4.78 is 1.18. The Morgan fingerprint density at radius 3 is 2.58 bits per heavy atom. The van der Waals surface area contributed by atoms with Gasteiger partial charge in [0.15, 0.2) is 5.17 Å². The molecule has 2 nitrogen and oxygen atoms in total. The predicted molar refractivity (Wildman–Crippen MR) is 93.4 cm³/mol. The highest BCUT2D eigenvalue weighted by Gasteiger charge is 2.04. The van der Waals surface area contributed by atoms with Crippen molar-refractivity contribution in [2.75, 3.05) is 11.7 Å². The van der Waals surface area contributed by atoms with Crippen molar-refractivity contribution >= 4 is 56.8 Å². The molecular formula is C14H12ClIN2S. The molecule has 0 saturated carbocycles. The van der Waals surface area contributed by atoms with Gasteiger partial charge in [0.2, 0.25) is 0 Å². The zero-order chi connectivity index (χ0) is 13.7. The molecule has 0 atom stereocenters. The molecule has 0 amide bonds. The summed E-state index contributed by atoms with van der Waals surface area (Å²) in [5, 5.41) is 4.64. The lowest BCUT2D eigenvalue weighted by atomic mass is 10.2. The van der Waals surface area contributed by atoms with Gasteiger partial charge in [-0.05, 0) is 53.1 Å². The van der Waals surface area contributed by atoms with Gasteiger partial charge >= 0.3 is 0 Å². The predicted octanol–water partition coefficient (Wildman–Crippen LogP) is 5.03. The van der Waals surface area contributed by atoms with E-state index in [0.29, 0.717) is 5.17 Å². The number of anilines is 1. The van der Waals surface area contributed by atoms with E-state index < -0.39 is 0 Å². The molecule has 1 N–H and O–H groups in total. The monoisotopic (exact) mass is 402 g/mol. The number of benzene rings is 2. The smallest absolute Gasteiger partial charge is 0.156 e. The van der Waals surface area contributed by atoms with Gasteiger partial charge in [-0.25, -0.2) is 0 Å². The normalized spacial score (nSPS) is 11.4. The molecule has 0 heterocycles. The lowest BCUT2D eigenvalue weighted by molar-refractivity contribution is 1.33. The molecule has 0 saturated heterocycles. The Labute approximate surface area is 135 Å². The quantitative estimate of drug-likeness (QED) is 0.336. The van der Waals surface area contributed by atoms with E-state index in [4.69, 9.17) is 11.6 Å². The van der Waals surface area contributed by atoms with Gasteiger partial charge in [0.25, 0.3) is 0 Å². The molecule has 5 heteroatoms. The van der Waals surface area contributed by atoms with Crippen LogP contribution in [0.5, 0.6) is 0 Å².